The third kappa shape index (κ3) is 2.67. The Bertz CT molecular complexity index is 684. The van der Waals surface area contributed by atoms with Crippen LogP contribution in [0, 0.1) is 0 Å². The van der Waals surface area contributed by atoms with Crippen molar-refractivity contribution < 1.29 is 8.42 Å². The van der Waals surface area contributed by atoms with Crippen molar-refractivity contribution in [2.45, 2.75) is 31.2 Å². The molecular formula is C10H11BrClN3O2S. The number of fused-ring (bicyclic) bond motifs is 1. The van der Waals surface area contributed by atoms with Gasteiger partial charge in [0.2, 0.25) is 5.03 Å². The summed E-state index contributed by atoms with van der Waals surface area (Å²) in [6, 6.07) is 3.57. The molecule has 2 aromatic heterocycles. The maximum atomic E-state index is 11.5. The number of rotatable bonds is 4. The molecule has 0 aliphatic rings. The quantitative estimate of drug-likeness (QED) is 0.794. The molecule has 0 N–H and O–H groups in total. The fraction of sp³-hybridized carbons (Fsp3) is 0.400. The number of unbranched alkanes of at least 4 members (excludes halogenated alkanes) is 1. The number of halogens is 2. The molecule has 0 aromatic carbocycles. The fourth-order valence-electron chi connectivity index (χ4n) is 1.62. The summed E-state index contributed by atoms with van der Waals surface area (Å²) in [7, 11) is 1.49. The van der Waals surface area contributed by atoms with Gasteiger partial charge < -0.3 is 0 Å². The van der Waals surface area contributed by atoms with Crippen LogP contribution < -0.4 is 0 Å². The lowest BCUT2D eigenvalue weighted by Crippen LogP contribution is -2.04. The van der Waals surface area contributed by atoms with Crippen LogP contribution in [0.5, 0.6) is 0 Å². The molecule has 0 fully saturated rings. The van der Waals surface area contributed by atoms with E-state index in [1.54, 1.807) is 6.07 Å². The van der Waals surface area contributed by atoms with Crippen LogP contribution in [0.3, 0.4) is 0 Å². The molecule has 0 spiro atoms. The third-order valence-electron chi connectivity index (χ3n) is 2.47. The van der Waals surface area contributed by atoms with Crippen molar-refractivity contribution in [1.82, 2.24) is 14.6 Å². The zero-order valence-corrected chi connectivity index (χ0v) is 12.8. The van der Waals surface area contributed by atoms with Gasteiger partial charge in [0.15, 0.2) is 5.65 Å². The standard InChI is InChI=1S/C10H11BrClN3O2S/c1-2-3-4-7-5-6-8-13-9(11)10(15(8)14-7)18(12,16)17/h5-6H,2-4H2,1H3. The summed E-state index contributed by atoms with van der Waals surface area (Å²) < 4.78 is 24.4. The van der Waals surface area contributed by atoms with Crippen LogP contribution in [0.25, 0.3) is 5.65 Å². The van der Waals surface area contributed by atoms with Crippen LogP contribution >= 0.6 is 26.6 Å². The second-order valence-electron chi connectivity index (χ2n) is 3.84. The van der Waals surface area contributed by atoms with Gasteiger partial charge in [-0.25, -0.2) is 13.4 Å². The van der Waals surface area contributed by atoms with Gasteiger partial charge in [-0.05, 0) is 40.9 Å². The van der Waals surface area contributed by atoms with Crippen LogP contribution in [0.1, 0.15) is 25.5 Å². The van der Waals surface area contributed by atoms with Crippen molar-refractivity contribution in [3.05, 3.63) is 22.4 Å². The Hall–Kier alpha value is -0.660. The van der Waals surface area contributed by atoms with Crippen LogP contribution in [0.4, 0.5) is 0 Å². The smallest absolute Gasteiger partial charge is 0.219 e. The van der Waals surface area contributed by atoms with E-state index >= 15 is 0 Å². The largest absolute Gasteiger partial charge is 0.281 e. The van der Waals surface area contributed by atoms with Crippen LogP contribution in [0.15, 0.2) is 21.8 Å². The highest BCUT2D eigenvalue weighted by molar-refractivity contribution is 9.10. The monoisotopic (exact) mass is 351 g/mol. The Kier molecular flexibility index (Phi) is 3.93. The van der Waals surface area contributed by atoms with E-state index in [0.29, 0.717) is 5.65 Å². The van der Waals surface area contributed by atoms with Gasteiger partial charge in [-0.3, -0.25) is 0 Å². The number of hydrogen-bond donors (Lipinski definition) is 0. The van der Waals surface area contributed by atoms with E-state index in [1.165, 1.54) is 4.52 Å². The summed E-state index contributed by atoms with van der Waals surface area (Å²) in [4.78, 5) is 4.05. The average Bonchev–Trinajstić information content (AvgIpc) is 2.60. The van der Waals surface area contributed by atoms with E-state index in [1.807, 2.05) is 6.07 Å². The first kappa shape index (κ1) is 13.8. The number of hydrogen-bond acceptors (Lipinski definition) is 4. The molecule has 0 amide bonds. The molecule has 18 heavy (non-hydrogen) atoms. The summed E-state index contributed by atoms with van der Waals surface area (Å²) in [6.45, 7) is 2.08. The van der Waals surface area contributed by atoms with Gasteiger partial charge in [0.25, 0.3) is 9.05 Å². The minimum Gasteiger partial charge on any atom is -0.219 e. The van der Waals surface area contributed by atoms with Crippen molar-refractivity contribution in [2.75, 3.05) is 0 Å². The second kappa shape index (κ2) is 5.14. The number of aryl methyl sites for hydroxylation is 1. The molecule has 0 saturated heterocycles. The highest BCUT2D eigenvalue weighted by atomic mass is 79.9. The van der Waals surface area contributed by atoms with Gasteiger partial charge in [0.05, 0.1) is 5.69 Å². The van der Waals surface area contributed by atoms with E-state index in [0.717, 1.165) is 25.0 Å². The van der Waals surface area contributed by atoms with E-state index in [9.17, 15) is 8.42 Å². The first-order valence-corrected chi connectivity index (χ1v) is 8.52. The van der Waals surface area contributed by atoms with Crippen molar-refractivity contribution in [2.24, 2.45) is 0 Å². The lowest BCUT2D eigenvalue weighted by Gasteiger charge is -2.01. The molecular weight excluding hydrogens is 342 g/mol. The van der Waals surface area contributed by atoms with Crippen molar-refractivity contribution in [1.29, 1.82) is 0 Å². The van der Waals surface area contributed by atoms with Gasteiger partial charge >= 0.3 is 0 Å². The Balaban J connectivity index is 2.60. The molecule has 0 unspecified atom stereocenters. The van der Waals surface area contributed by atoms with E-state index < -0.39 is 9.05 Å². The minimum absolute atomic E-state index is 0.127. The highest BCUT2D eigenvalue weighted by Crippen LogP contribution is 2.25. The van der Waals surface area contributed by atoms with E-state index in [2.05, 4.69) is 32.9 Å². The molecule has 0 radical (unpaired) electrons. The summed E-state index contributed by atoms with van der Waals surface area (Å²) in [6.07, 6.45) is 2.84. The third-order valence-corrected chi connectivity index (χ3v) is 4.55. The van der Waals surface area contributed by atoms with Crippen molar-refractivity contribution in [3.63, 3.8) is 0 Å². The lowest BCUT2D eigenvalue weighted by atomic mass is 10.2. The first-order valence-electron chi connectivity index (χ1n) is 5.42. The molecule has 0 saturated carbocycles. The molecule has 0 aliphatic carbocycles. The molecule has 2 rings (SSSR count). The molecule has 0 atom stereocenters. The van der Waals surface area contributed by atoms with Gasteiger partial charge in [0.1, 0.15) is 4.60 Å². The van der Waals surface area contributed by atoms with E-state index in [-0.39, 0.29) is 9.63 Å². The molecule has 98 valence electrons. The van der Waals surface area contributed by atoms with Crippen molar-refractivity contribution >= 4 is 41.3 Å². The summed E-state index contributed by atoms with van der Waals surface area (Å²) in [5.41, 5.74) is 1.26. The Morgan fingerprint density at radius 3 is 2.78 bits per heavy atom. The van der Waals surface area contributed by atoms with Gasteiger partial charge in [-0.15, -0.1) is 0 Å². The number of aromatic nitrogens is 3. The summed E-state index contributed by atoms with van der Waals surface area (Å²) in [5, 5.41) is 4.13. The summed E-state index contributed by atoms with van der Waals surface area (Å²) >= 11 is 3.09. The highest BCUT2D eigenvalue weighted by Gasteiger charge is 2.22. The Morgan fingerprint density at radius 1 is 1.44 bits per heavy atom. The summed E-state index contributed by atoms with van der Waals surface area (Å²) in [5.74, 6) is 0. The molecule has 2 aromatic rings. The van der Waals surface area contributed by atoms with Gasteiger partial charge in [-0.1, -0.05) is 13.3 Å². The lowest BCUT2D eigenvalue weighted by molar-refractivity contribution is 0.600. The first-order chi connectivity index (χ1) is 8.43. The van der Waals surface area contributed by atoms with Gasteiger partial charge in [0, 0.05) is 10.7 Å². The Labute approximate surface area is 118 Å². The molecule has 0 bridgehead atoms. The topological polar surface area (TPSA) is 64.3 Å². The molecule has 0 aliphatic heterocycles. The molecule has 5 nitrogen and oxygen atoms in total. The van der Waals surface area contributed by atoms with Crippen LogP contribution in [-0.2, 0) is 15.5 Å². The SMILES string of the molecule is CCCCc1ccc2nc(Br)c(S(=O)(=O)Cl)n2n1. The second-order valence-corrected chi connectivity index (χ2v) is 7.08. The molecule has 8 heteroatoms. The van der Waals surface area contributed by atoms with Crippen LogP contribution in [-0.4, -0.2) is 23.0 Å². The fourth-order valence-corrected chi connectivity index (χ4v) is 3.89. The predicted octanol–water partition coefficient (Wildman–Crippen LogP) is 2.76. The zero-order valence-electron chi connectivity index (χ0n) is 9.60. The zero-order chi connectivity index (χ0) is 13.3. The average molecular weight is 353 g/mol. The number of imidazole rings is 1. The maximum absolute atomic E-state index is 11.5. The number of nitrogens with zero attached hydrogens (tertiary/aromatic N) is 3. The predicted molar refractivity (Wildman–Crippen MR) is 72.3 cm³/mol. The molecule has 2 heterocycles. The minimum atomic E-state index is -3.89. The van der Waals surface area contributed by atoms with Crippen LogP contribution in [0.2, 0.25) is 0 Å². The van der Waals surface area contributed by atoms with Crippen molar-refractivity contribution in [3.8, 4) is 0 Å². The Morgan fingerprint density at radius 2 is 2.17 bits per heavy atom. The van der Waals surface area contributed by atoms with Gasteiger partial charge in [-0.2, -0.15) is 9.61 Å². The maximum Gasteiger partial charge on any atom is 0.281 e. The van der Waals surface area contributed by atoms with E-state index in [4.69, 9.17) is 10.7 Å². The normalized spacial score (nSPS) is 12.2.